The maximum atomic E-state index is 12.5. The molecular formula is C21H24N2O5. The molecule has 0 radical (unpaired) electrons. The Hall–Kier alpha value is -3.22. The molecule has 0 aromatic heterocycles. The number of hydrogen-bond acceptors (Lipinski definition) is 5. The second-order valence-electron chi connectivity index (χ2n) is 6.55. The first-order valence-electron chi connectivity index (χ1n) is 8.98. The maximum absolute atomic E-state index is 12.5. The maximum Gasteiger partial charge on any atom is 0.244 e. The average molecular weight is 384 g/mol. The van der Waals surface area contributed by atoms with Crippen LogP contribution < -0.4 is 19.5 Å². The van der Waals surface area contributed by atoms with E-state index in [0.717, 1.165) is 5.56 Å². The van der Waals surface area contributed by atoms with Crippen LogP contribution in [-0.4, -0.2) is 51.1 Å². The highest BCUT2D eigenvalue weighted by molar-refractivity contribution is 5.95. The Bertz CT molecular complexity index is 828. The minimum absolute atomic E-state index is 0.00116. The molecular weight excluding hydrogens is 360 g/mol. The fourth-order valence-corrected chi connectivity index (χ4v) is 3.40. The highest BCUT2D eigenvalue weighted by Crippen LogP contribution is 2.40. The number of methoxy groups -OCH3 is 3. The number of rotatable bonds is 7. The molecule has 28 heavy (non-hydrogen) atoms. The highest BCUT2D eigenvalue weighted by Gasteiger charge is 2.31. The van der Waals surface area contributed by atoms with Crippen LogP contribution in [0, 0.1) is 0 Å². The average Bonchev–Trinajstić information content (AvgIpc) is 3.08. The van der Waals surface area contributed by atoms with Crippen molar-refractivity contribution in [1.29, 1.82) is 0 Å². The van der Waals surface area contributed by atoms with E-state index in [9.17, 15) is 9.59 Å². The van der Waals surface area contributed by atoms with E-state index in [-0.39, 0.29) is 24.3 Å². The number of benzene rings is 2. The predicted octanol–water partition coefficient (Wildman–Crippen LogP) is 2.67. The van der Waals surface area contributed by atoms with Gasteiger partial charge < -0.3 is 24.4 Å². The lowest BCUT2D eigenvalue weighted by atomic mass is 9.99. The van der Waals surface area contributed by atoms with Crippen molar-refractivity contribution in [2.24, 2.45) is 0 Å². The van der Waals surface area contributed by atoms with Crippen molar-refractivity contribution in [1.82, 2.24) is 4.90 Å². The number of carbonyl (C=O) groups excluding carboxylic acids is 2. The van der Waals surface area contributed by atoms with E-state index in [1.165, 1.54) is 21.3 Å². The Labute approximate surface area is 164 Å². The van der Waals surface area contributed by atoms with E-state index in [2.05, 4.69) is 5.32 Å². The molecule has 1 atom stereocenters. The molecule has 1 unspecified atom stereocenters. The third kappa shape index (κ3) is 4.19. The predicted molar refractivity (Wildman–Crippen MR) is 105 cm³/mol. The molecule has 3 rings (SSSR count). The Morgan fingerprint density at radius 3 is 2.29 bits per heavy atom. The first kappa shape index (κ1) is 19.5. The molecule has 0 bridgehead atoms. The van der Waals surface area contributed by atoms with Crippen LogP contribution >= 0.6 is 0 Å². The van der Waals surface area contributed by atoms with Gasteiger partial charge in [0.2, 0.25) is 17.6 Å². The number of ether oxygens (including phenoxy) is 3. The van der Waals surface area contributed by atoms with Crippen LogP contribution in [0.3, 0.4) is 0 Å². The van der Waals surface area contributed by atoms with E-state index in [1.54, 1.807) is 17.0 Å². The molecule has 1 fully saturated rings. The Morgan fingerprint density at radius 2 is 1.71 bits per heavy atom. The van der Waals surface area contributed by atoms with Gasteiger partial charge in [0.15, 0.2) is 11.5 Å². The van der Waals surface area contributed by atoms with Crippen LogP contribution in [-0.2, 0) is 9.59 Å². The van der Waals surface area contributed by atoms with Crippen molar-refractivity contribution in [2.45, 2.75) is 12.3 Å². The van der Waals surface area contributed by atoms with Crippen molar-refractivity contribution < 1.29 is 23.8 Å². The number of anilines is 1. The largest absolute Gasteiger partial charge is 0.493 e. The molecule has 1 aliphatic heterocycles. The molecule has 148 valence electrons. The van der Waals surface area contributed by atoms with E-state index >= 15 is 0 Å². The van der Waals surface area contributed by atoms with Gasteiger partial charge in [-0.05, 0) is 5.56 Å². The molecule has 1 aliphatic rings. The van der Waals surface area contributed by atoms with Gasteiger partial charge in [-0.2, -0.15) is 0 Å². The number of carbonyl (C=O) groups is 2. The molecule has 0 saturated carbocycles. The second-order valence-corrected chi connectivity index (χ2v) is 6.55. The van der Waals surface area contributed by atoms with Crippen LogP contribution in [0.4, 0.5) is 5.69 Å². The van der Waals surface area contributed by atoms with Gasteiger partial charge in [-0.15, -0.1) is 0 Å². The zero-order valence-corrected chi connectivity index (χ0v) is 16.2. The fourth-order valence-electron chi connectivity index (χ4n) is 3.40. The topological polar surface area (TPSA) is 77.1 Å². The number of amides is 2. The smallest absolute Gasteiger partial charge is 0.244 e. The SMILES string of the molecule is COc1cc(NC(=O)CN2CC(c3ccccc3)CC2=O)cc(OC)c1OC. The lowest BCUT2D eigenvalue weighted by Gasteiger charge is -2.18. The van der Waals surface area contributed by atoms with Gasteiger partial charge in [-0.3, -0.25) is 9.59 Å². The van der Waals surface area contributed by atoms with Gasteiger partial charge in [0.05, 0.1) is 27.9 Å². The molecule has 0 spiro atoms. The molecule has 7 nitrogen and oxygen atoms in total. The minimum Gasteiger partial charge on any atom is -0.493 e. The summed E-state index contributed by atoms with van der Waals surface area (Å²) < 4.78 is 15.9. The molecule has 1 saturated heterocycles. The molecule has 7 heteroatoms. The van der Waals surface area contributed by atoms with E-state index in [1.807, 2.05) is 30.3 Å². The van der Waals surface area contributed by atoms with Gasteiger partial charge in [0.1, 0.15) is 0 Å². The van der Waals surface area contributed by atoms with E-state index in [4.69, 9.17) is 14.2 Å². The van der Waals surface area contributed by atoms with Crippen molar-refractivity contribution in [2.75, 3.05) is 39.7 Å². The summed E-state index contributed by atoms with van der Waals surface area (Å²) in [5.74, 6) is 1.15. The van der Waals surface area contributed by atoms with Crippen LogP contribution in [0.5, 0.6) is 17.2 Å². The molecule has 0 aliphatic carbocycles. The summed E-state index contributed by atoms with van der Waals surface area (Å²) in [6.07, 6.45) is 0.418. The summed E-state index contributed by atoms with van der Waals surface area (Å²) in [7, 11) is 4.53. The highest BCUT2D eigenvalue weighted by atomic mass is 16.5. The van der Waals surface area contributed by atoms with Gasteiger partial charge in [0.25, 0.3) is 0 Å². The Morgan fingerprint density at radius 1 is 1.07 bits per heavy atom. The Balaban J connectivity index is 1.67. The molecule has 2 amide bonds. The summed E-state index contributed by atoms with van der Waals surface area (Å²) >= 11 is 0. The minimum atomic E-state index is -0.281. The van der Waals surface area contributed by atoms with Crippen LogP contribution in [0.15, 0.2) is 42.5 Å². The fraction of sp³-hybridized carbons (Fsp3) is 0.333. The summed E-state index contributed by atoms with van der Waals surface area (Å²) in [5, 5.41) is 2.80. The monoisotopic (exact) mass is 384 g/mol. The first-order chi connectivity index (χ1) is 13.5. The molecule has 1 N–H and O–H groups in total. The summed E-state index contributed by atoms with van der Waals surface area (Å²) in [6, 6.07) is 13.2. The van der Waals surface area contributed by atoms with Crippen molar-refractivity contribution in [3.8, 4) is 17.2 Å². The number of nitrogens with zero attached hydrogens (tertiary/aromatic N) is 1. The third-order valence-corrected chi connectivity index (χ3v) is 4.77. The third-order valence-electron chi connectivity index (χ3n) is 4.77. The summed E-state index contributed by atoms with van der Waals surface area (Å²) in [5.41, 5.74) is 1.62. The lowest BCUT2D eigenvalue weighted by molar-refractivity contribution is -0.131. The van der Waals surface area contributed by atoms with Gasteiger partial charge in [-0.1, -0.05) is 30.3 Å². The van der Waals surface area contributed by atoms with Crippen LogP contribution in [0.1, 0.15) is 17.9 Å². The second kappa shape index (κ2) is 8.65. The van der Waals surface area contributed by atoms with Gasteiger partial charge in [-0.25, -0.2) is 0 Å². The van der Waals surface area contributed by atoms with Gasteiger partial charge >= 0.3 is 0 Å². The van der Waals surface area contributed by atoms with Gasteiger partial charge in [0, 0.05) is 36.7 Å². The summed E-state index contributed by atoms with van der Waals surface area (Å²) in [4.78, 5) is 26.4. The van der Waals surface area contributed by atoms with Crippen LogP contribution in [0.25, 0.3) is 0 Å². The quantitative estimate of drug-likeness (QED) is 0.794. The molecule has 1 heterocycles. The standard InChI is InChI=1S/C21H24N2O5/c1-26-17-10-16(11-18(27-2)21(17)28-3)22-19(24)13-23-12-15(9-20(23)25)14-7-5-4-6-8-14/h4-8,10-11,15H,9,12-13H2,1-3H3,(H,22,24). The lowest BCUT2D eigenvalue weighted by Crippen LogP contribution is -2.34. The number of nitrogens with one attached hydrogen (secondary N) is 1. The zero-order chi connectivity index (χ0) is 20.1. The van der Waals surface area contributed by atoms with Crippen LogP contribution in [0.2, 0.25) is 0 Å². The summed E-state index contributed by atoms with van der Waals surface area (Å²) in [6.45, 7) is 0.532. The van der Waals surface area contributed by atoms with Crippen molar-refractivity contribution in [3.05, 3.63) is 48.0 Å². The normalized spacial score (nSPS) is 16.0. The zero-order valence-electron chi connectivity index (χ0n) is 16.2. The molecule has 2 aromatic carbocycles. The van der Waals surface area contributed by atoms with E-state index < -0.39 is 0 Å². The van der Waals surface area contributed by atoms with E-state index in [0.29, 0.717) is 35.9 Å². The number of hydrogen-bond donors (Lipinski definition) is 1. The van der Waals surface area contributed by atoms with Crippen molar-refractivity contribution >= 4 is 17.5 Å². The number of likely N-dealkylation sites (tertiary alicyclic amines) is 1. The Kier molecular flexibility index (Phi) is 6.03. The molecule has 2 aromatic rings. The first-order valence-corrected chi connectivity index (χ1v) is 8.98. The van der Waals surface area contributed by atoms with Crippen molar-refractivity contribution in [3.63, 3.8) is 0 Å².